The zero-order valence-electron chi connectivity index (χ0n) is 11.8. The van der Waals surface area contributed by atoms with E-state index in [2.05, 4.69) is 41.7 Å². The van der Waals surface area contributed by atoms with Gasteiger partial charge in [-0.25, -0.2) is 0 Å². The van der Waals surface area contributed by atoms with E-state index in [4.69, 9.17) is 0 Å². The normalized spacial score (nSPS) is 12.5. The number of amides is 1. The van der Waals surface area contributed by atoms with Crippen LogP contribution in [0.5, 0.6) is 0 Å². The molecule has 0 radical (unpaired) electrons. The molecule has 100 valence electrons. The Morgan fingerprint density at radius 1 is 1.29 bits per heavy atom. The highest BCUT2D eigenvalue weighted by molar-refractivity contribution is 5.81. The van der Waals surface area contributed by atoms with Gasteiger partial charge in [0.15, 0.2) is 5.96 Å². The Labute approximate surface area is 104 Å². The summed E-state index contributed by atoms with van der Waals surface area (Å²) in [6.45, 7) is 10.7. The summed E-state index contributed by atoms with van der Waals surface area (Å²) in [6, 6.07) is 0.189. The molecule has 0 saturated carbocycles. The Hall–Kier alpha value is -1.26. The maximum atomic E-state index is 11.4. The van der Waals surface area contributed by atoms with E-state index in [1.165, 1.54) is 0 Å². The van der Waals surface area contributed by atoms with Gasteiger partial charge in [-0.2, -0.15) is 0 Å². The second-order valence-electron chi connectivity index (χ2n) is 5.35. The molecular weight excluding hydrogens is 216 g/mol. The van der Waals surface area contributed by atoms with Gasteiger partial charge in [-0.1, -0.05) is 0 Å². The van der Waals surface area contributed by atoms with Crippen LogP contribution in [-0.2, 0) is 4.79 Å². The summed E-state index contributed by atoms with van der Waals surface area (Å²) in [4.78, 5) is 15.5. The third-order valence-corrected chi connectivity index (χ3v) is 1.81. The predicted molar refractivity (Wildman–Crippen MR) is 72.1 cm³/mol. The van der Waals surface area contributed by atoms with Gasteiger partial charge in [-0.05, 0) is 34.6 Å². The van der Waals surface area contributed by atoms with Gasteiger partial charge in [0.05, 0.1) is 0 Å². The van der Waals surface area contributed by atoms with Gasteiger partial charge in [0, 0.05) is 31.6 Å². The summed E-state index contributed by atoms with van der Waals surface area (Å²) in [5, 5.41) is 9.18. The Balaban J connectivity index is 3.90. The second-order valence-corrected chi connectivity index (χ2v) is 5.35. The van der Waals surface area contributed by atoms with E-state index >= 15 is 0 Å². The molecule has 0 saturated heterocycles. The lowest BCUT2D eigenvalue weighted by atomic mass is 10.1. The molecule has 0 aliphatic rings. The van der Waals surface area contributed by atoms with Gasteiger partial charge in [-0.15, -0.1) is 0 Å². The summed E-state index contributed by atoms with van der Waals surface area (Å²) in [6.07, 6.45) is 0.447. The van der Waals surface area contributed by atoms with Crippen molar-refractivity contribution >= 4 is 11.9 Å². The van der Waals surface area contributed by atoms with Gasteiger partial charge in [0.1, 0.15) is 0 Å². The monoisotopic (exact) mass is 242 g/mol. The zero-order chi connectivity index (χ0) is 13.5. The molecule has 17 heavy (non-hydrogen) atoms. The van der Waals surface area contributed by atoms with E-state index in [0.29, 0.717) is 13.0 Å². The van der Waals surface area contributed by atoms with Crippen molar-refractivity contribution in [2.45, 2.75) is 52.6 Å². The van der Waals surface area contributed by atoms with Crippen molar-refractivity contribution in [2.75, 3.05) is 13.6 Å². The first-order chi connectivity index (χ1) is 7.74. The van der Waals surface area contributed by atoms with Crippen molar-refractivity contribution in [3.8, 4) is 0 Å². The van der Waals surface area contributed by atoms with Crippen LogP contribution < -0.4 is 16.0 Å². The summed E-state index contributed by atoms with van der Waals surface area (Å²) in [5.74, 6) is 0.772. The molecule has 0 bridgehead atoms. The standard InChI is InChI=1S/C12H26N4O/c1-9(2)15-10(17)7-8-14-11(13-6)16-12(3,4)5/h9H,7-8H2,1-6H3,(H,15,17)(H2,13,14,16). The molecule has 0 heterocycles. The Morgan fingerprint density at radius 2 is 1.88 bits per heavy atom. The third-order valence-electron chi connectivity index (χ3n) is 1.81. The van der Waals surface area contributed by atoms with Crippen LogP contribution >= 0.6 is 0 Å². The van der Waals surface area contributed by atoms with E-state index < -0.39 is 0 Å². The van der Waals surface area contributed by atoms with E-state index in [9.17, 15) is 4.79 Å². The highest BCUT2D eigenvalue weighted by Crippen LogP contribution is 1.97. The van der Waals surface area contributed by atoms with Gasteiger partial charge in [0.2, 0.25) is 5.91 Å². The van der Waals surface area contributed by atoms with Crippen molar-refractivity contribution in [1.29, 1.82) is 0 Å². The van der Waals surface area contributed by atoms with Crippen molar-refractivity contribution in [3.63, 3.8) is 0 Å². The highest BCUT2D eigenvalue weighted by atomic mass is 16.1. The quantitative estimate of drug-likeness (QED) is 0.506. The largest absolute Gasteiger partial charge is 0.356 e. The lowest BCUT2D eigenvalue weighted by Gasteiger charge is -2.23. The van der Waals surface area contributed by atoms with Crippen molar-refractivity contribution in [2.24, 2.45) is 4.99 Å². The molecule has 0 aromatic rings. The molecule has 0 atom stereocenters. The van der Waals surface area contributed by atoms with Crippen LogP contribution in [0.1, 0.15) is 41.0 Å². The molecule has 3 N–H and O–H groups in total. The third kappa shape index (κ3) is 9.66. The number of hydrogen-bond donors (Lipinski definition) is 3. The summed E-state index contributed by atoms with van der Waals surface area (Å²) < 4.78 is 0. The fourth-order valence-electron chi connectivity index (χ4n) is 1.22. The number of nitrogens with zero attached hydrogens (tertiary/aromatic N) is 1. The maximum absolute atomic E-state index is 11.4. The van der Waals surface area contributed by atoms with Gasteiger partial charge < -0.3 is 16.0 Å². The van der Waals surface area contributed by atoms with Crippen LogP contribution in [0.4, 0.5) is 0 Å². The zero-order valence-corrected chi connectivity index (χ0v) is 11.8. The van der Waals surface area contributed by atoms with Crippen LogP contribution in [0, 0.1) is 0 Å². The minimum atomic E-state index is -0.0396. The molecular formula is C12H26N4O. The number of hydrogen-bond acceptors (Lipinski definition) is 2. The topological polar surface area (TPSA) is 65.5 Å². The van der Waals surface area contributed by atoms with E-state index in [0.717, 1.165) is 5.96 Å². The minimum absolute atomic E-state index is 0.0396. The van der Waals surface area contributed by atoms with Gasteiger partial charge in [-0.3, -0.25) is 9.79 Å². The van der Waals surface area contributed by atoms with E-state index in [1.54, 1.807) is 7.05 Å². The summed E-state index contributed by atoms with van der Waals surface area (Å²) >= 11 is 0. The number of nitrogens with one attached hydrogen (secondary N) is 3. The first-order valence-electron chi connectivity index (χ1n) is 6.03. The minimum Gasteiger partial charge on any atom is -0.356 e. The smallest absolute Gasteiger partial charge is 0.221 e. The van der Waals surface area contributed by atoms with Crippen LogP contribution in [0.25, 0.3) is 0 Å². The van der Waals surface area contributed by atoms with Crippen molar-refractivity contribution in [1.82, 2.24) is 16.0 Å². The molecule has 0 unspecified atom stereocenters. The molecule has 5 heteroatoms. The molecule has 0 rings (SSSR count). The highest BCUT2D eigenvalue weighted by Gasteiger charge is 2.11. The van der Waals surface area contributed by atoms with Crippen LogP contribution in [-0.4, -0.2) is 37.0 Å². The Bertz CT molecular complexity index is 266. The summed E-state index contributed by atoms with van der Waals surface area (Å²) in [5.41, 5.74) is -0.0396. The fraction of sp³-hybridized carbons (Fsp3) is 0.833. The van der Waals surface area contributed by atoms with Crippen LogP contribution in [0.2, 0.25) is 0 Å². The van der Waals surface area contributed by atoms with Gasteiger partial charge in [0.25, 0.3) is 0 Å². The molecule has 0 aromatic heterocycles. The molecule has 1 amide bonds. The summed E-state index contributed by atoms with van der Waals surface area (Å²) in [7, 11) is 1.72. The number of aliphatic imine (C=N–C) groups is 1. The number of carbonyl (C=O) groups excluding carboxylic acids is 1. The number of guanidine groups is 1. The van der Waals surface area contributed by atoms with Crippen LogP contribution in [0.3, 0.4) is 0 Å². The number of rotatable bonds is 4. The van der Waals surface area contributed by atoms with E-state index in [1.807, 2.05) is 13.8 Å². The lowest BCUT2D eigenvalue weighted by molar-refractivity contribution is -0.121. The van der Waals surface area contributed by atoms with Crippen molar-refractivity contribution < 1.29 is 4.79 Å². The molecule has 0 spiro atoms. The average Bonchev–Trinajstić information content (AvgIpc) is 2.12. The lowest BCUT2D eigenvalue weighted by Crippen LogP contribution is -2.48. The van der Waals surface area contributed by atoms with E-state index in [-0.39, 0.29) is 17.5 Å². The second kappa shape index (κ2) is 7.14. The van der Waals surface area contributed by atoms with Gasteiger partial charge >= 0.3 is 0 Å². The maximum Gasteiger partial charge on any atom is 0.221 e. The number of carbonyl (C=O) groups is 1. The first-order valence-corrected chi connectivity index (χ1v) is 6.03. The Kier molecular flexibility index (Phi) is 6.61. The predicted octanol–water partition coefficient (Wildman–Crippen LogP) is 0.865. The molecule has 0 fully saturated rings. The van der Waals surface area contributed by atoms with Crippen molar-refractivity contribution in [3.05, 3.63) is 0 Å². The molecule has 0 aliphatic carbocycles. The van der Waals surface area contributed by atoms with Crippen LogP contribution in [0.15, 0.2) is 4.99 Å². The molecule has 0 aliphatic heterocycles. The Morgan fingerprint density at radius 3 is 2.29 bits per heavy atom. The SMILES string of the molecule is CN=C(NCCC(=O)NC(C)C)NC(C)(C)C. The fourth-order valence-corrected chi connectivity index (χ4v) is 1.22. The molecule has 0 aromatic carbocycles. The molecule has 5 nitrogen and oxygen atoms in total. The first kappa shape index (κ1) is 15.7. The average molecular weight is 242 g/mol.